The van der Waals surface area contributed by atoms with Crippen LogP contribution in [0.5, 0.6) is 0 Å². The van der Waals surface area contributed by atoms with Gasteiger partial charge in [0.25, 0.3) is 5.08 Å². The van der Waals surface area contributed by atoms with E-state index < -0.39 is 64.9 Å². The van der Waals surface area contributed by atoms with Gasteiger partial charge in [0.1, 0.15) is 24.1 Å². The summed E-state index contributed by atoms with van der Waals surface area (Å²) >= 11 is 0. The number of phosphoric acid groups is 1. The van der Waals surface area contributed by atoms with E-state index in [-0.39, 0.29) is 12.7 Å². The molecule has 1 aliphatic heterocycles. The maximum absolute atomic E-state index is 11.9. The first-order valence-corrected chi connectivity index (χ1v) is 12.7. The van der Waals surface area contributed by atoms with Crippen molar-refractivity contribution < 1.29 is 62.2 Å². The first kappa shape index (κ1) is 26.2. The van der Waals surface area contributed by atoms with Crippen LogP contribution in [0, 0.1) is 0 Å². The lowest BCUT2D eigenvalue weighted by atomic mass is 10.1. The predicted molar refractivity (Wildman–Crippen MR) is 98.2 cm³/mol. The van der Waals surface area contributed by atoms with Gasteiger partial charge in [-0.25, -0.2) is 13.7 Å². The van der Waals surface area contributed by atoms with Gasteiger partial charge < -0.3 is 45.4 Å². The van der Waals surface area contributed by atoms with E-state index in [1.54, 1.807) is 0 Å². The van der Waals surface area contributed by atoms with E-state index in [2.05, 4.69) is 13.8 Å². The Bertz CT molecular complexity index is 1020. The van der Waals surface area contributed by atoms with Gasteiger partial charge in [-0.2, -0.15) is 4.98 Å². The molecule has 17 nitrogen and oxygen atoms in total. The van der Waals surface area contributed by atoms with Crippen molar-refractivity contribution in [3.05, 3.63) is 22.7 Å². The number of nitrogens with two attached hydrogens (primary N) is 1. The number of phosphoric ester groups is 1. The van der Waals surface area contributed by atoms with E-state index in [1.807, 2.05) is 0 Å². The molecule has 0 spiro atoms. The molecule has 0 amide bonds. The Balaban J connectivity index is 2.11. The summed E-state index contributed by atoms with van der Waals surface area (Å²) in [6.07, 6.45) is -5.51. The first-order chi connectivity index (χ1) is 13.9. The smallest absolute Gasteiger partial charge is 0.387 e. The topological polar surface area (TPSA) is 281 Å². The van der Waals surface area contributed by atoms with E-state index >= 15 is 0 Å². The maximum atomic E-state index is 11.9. The van der Waals surface area contributed by atoms with Crippen LogP contribution in [0.15, 0.2) is 17.1 Å². The fourth-order valence-electron chi connectivity index (χ4n) is 2.29. The summed E-state index contributed by atoms with van der Waals surface area (Å²) in [5.41, 5.74) is 4.39. The number of aromatic nitrogens is 2. The molecule has 1 aliphatic rings. The van der Waals surface area contributed by atoms with Crippen LogP contribution in [0.2, 0.25) is 0 Å². The number of rotatable bonds is 8. The number of nitrogens with zero attached hydrogens (tertiary/aromatic N) is 2. The number of hydrogen-bond donors (Lipinski definition) is 8. The molecule has 1 aromatic rings. The molecule has 0 radical (unpaired) electrons. The Morgan fingerprint density at radius 2 is 1.81 bits per heavy atom. The zero-order chi connectivity index (χ0) is 24.0. The van der Waals surface area contributed by atoms with Crippen molar-refractivity contribution >= 4 is 28.8 Å². The summed E-state index contributed by atoms with van der Waals surface area (Å²) in [7, 11) is -17.1. The zero-order valence-corrected chi connectivity index (χ0v) is 18.2. The second-order valence-electron chi connectivity index (χ2n) is 6.47. The van der Waals surface area contributed by atoms with Gasteiger partial charge in [-0.3, -0.25) is 18.2 Å². The Kier molecular flexibility index (Phi) is 7.38. The lowest BCUT2D eigenvalue weighted by molar-refractivity contribution is -0.0541. The van der Waals surface area contributed by atoms with Crippen molar-refractivity contribution in [3.8, 4) is 0 Å². The fourth-order valence-corrected chi connectivity index (χ4v) is 6.20. The van der Waals surface area contributed by atoms with E-state index in [9.17, 15) is 43.6 Å². The Morgan fingerprint density at radius 1 is 1.23 bits per heavy atom. The Hall–Kier alpha value is -1.03. The molecule has 2 heterocycles. The van der Waals surface area contributed by atoms with Crippen LogP contribution in [0.1, 0.15) is 13.2 Å². The molecular formula is C11H20N3O14P3. The molecule has 178 valence electrons. The minimum Gasteiger partial charge on any atom is -0.387 e. The van der Waals surface area contributed by atoms with E-state index in [0.29, 0.717) is 0 Å². The average Bonchev–Trinajstić information content (AvgIpc) is 2.86. The minimum atomic E-state index is -5.86. The number of nitrogen functional groups attached to an aromatic ring is 1. The van der Waals surface area contributed by atoms with Gasteiger partial charge in [-0.05, 0) is 13.0 Å². The highest BCUT2D eigenvalue weighted by molar-refractivity contribution is 7.75. The molecule has 1 aromatic heterocycles. The molecule has 9 N–H and O–H groups in total. The highest BCUT2D eigenvalue weighted by atomic mass is 31.3. The van der Waals surface area contributed by atoms with E-state index in [0.717, 1.165) is 10.8 Å². The van der Waals surface area contributed by atoms with Crippen LogP contribution in [0.3, 0.4) is 0 Å². The highest BCUT2D eigenvalue weighted by Gasteiger charge is 2.60. The lowest BCUT2D eigenvalue weighted by Crippen LogP contribution is -2.36. The largest absolute Gasteiger partial charge is 0.479 e. The number of hydrogen-bond acceptors (Lipinski definition) is 12. The van der Waals surface area contributed by atoms with Crippen molar-refractivity contribution in [1.29, 1.82) is 0 Å². The molecule has 1 fully saturated rings. The number of aliphatic hydroxyl groups is 3. The SMILES string of the molecule is CC(O)(P(=O)(O)O)P(=O)(O)OP(=O)(O)OCC1OC(n2ccc(N)nc2=O)C(O)C1O. The average molecular weight is 511 g/mol. The Morgan fingerprint density at radius 3 is 2.32 bits per heavy atom. The van der Waals surface area contributed by atoms with Crippen LogP contribution in [0.4, 0.5) is 5.82 Å². The Labute approximate surface area is 173 Å². The number of ether oxygens (including phenoxy) is 1. The summed E-state index contributed by atoms with van der Waals surface area (Å²) in [6.45, 7) is -0.852. The van der Waals surface area contributed by atoms with Gasteiger partial charge in [-0.15, -0.1) is 0 Å². The highest BCUT2D eigenvalue weighted by Crippen LogP contribution is 2.74. The summed E-state index contributed by atoms with van der Waals surface area (Å²) in [4.78, 5) is 52.3. The minimum absolute atomic E-state index is 0.132. The third kappa shape index (κ3) is 5.49. The fraction of sp³-hybridized carbons (Fsp3) is 0.636. The second-order valence-corrected chi connectivity index (χ2v) is 12.5. The predicted octanol–water partition coefficient (Wildman–Crippen LogP) is -2.39. The molecule has 7 atom stereocenters. The monoisotopic (exact) mass is 511 g/mol. The molecule has 0 aromatic carbocycles. The van der Waals surface area contributed by atoms with Crippen molar-refractivity contribution in [2.24, 2.45) is 0 Å². The summed E-state index contributed by atoms with van der Waals surface area (Å²) in [5, 5.41) is 25.9. The summed E-state index contributed by atoms with van der Waals surface area (Å²) in [6, 6.07) is 1.19. The maximum Gasteiger partial charge on any atom is 0.479 e. The van der Waals surface area contributed by atoms with Crippen molar-refractivity contribution in [2.75, 3.05) is 12.3 Å². The molecule has 7 unspecified atom stereocenters. The third-order valence-electron chi connectivity index (χ3n) is 4.17. The normalized spacial score (nSPS) is 30.3. The quantitative estimate of drug-likeness (QED) is 0.169. The molecule has 20 heteroatoms. The van der Waals surface area contributed by atoms with Crippen LogP contribution in [-0.2, 0) is 27.3 Å². The van der Waals surface area contributed by atoms with Gasteiger partial charge >= 0.3 is 28.7 Å². The van der Waals surface area contributed by atoms with E-state index in [4.69, 9.17) is 20.3 Å². The van der Waals surface area contributed by atoms with Gasteiger partial charge in [0.05, 0.1) is 6.61 Å². The van der Waals surface area contributed by atoms with Crippen LogP contribution in [-0.4, -0.2) is 74.4 Å². The molecule has 1 saturated heterocycles. The van der Waals surface area contributed by atoms with Crippen LogP contribution >= 0.6 is 23.0 Å². The lowest BCUT2D eigenvalue weighted by Gasteiger charge is -2.29. The van der Waals surface area contributed by atoms with Crippen molar-refractivity contribution in [3.63, 3.8) is 0 Å². The third-order valence-corrected chi connectivity index (χ3v) is 10.1. The van der Waals surface area contributed by atoms with Crippen molar-refractivity contribution in [1.82, 2.24) is 9.55 Å². The van der Waals surface area contributed by atoms with Crippen LogP contribution < -0.4 is 11.4 Å². The first-order valence-electron chi connectivity index (χ1n) is 8.05. The molecule has 2 rings (SSSR count). The van der Waals surface area contributed by atoms with E-state index in [1.165, 1.54) is 6.07 Å². The summed E-state index contributed by atoms with van der Waals surface area (Å²) in [5.74, 6) is -0.132. The molecular weight excluding hydrogens is 491 g/mol. The molecule has 0 saturated carbocycles. The van der Waals surface area contributed by atoms with Gasteiger partial charge in [0, 0.05) is 6.20 Å². The number of anilines is 1. The van der Waals surface area contributed by atoms with Crippen molar-refractivity contribution in [2.45, 2.75) is 36.5 Å². The number of aliphatic hydroxyl groups excluding tert-OH is 2. The molecule has 0 aliphatic carbocycles. The molecule has 0 bridgehead atoms. The standard InChI is InChI=1S/C11H20N3O14P3/c1-11(18,29(19,20)21)30(22,23)28-31(24,25)26-4-5-7(15)8(16)9(27-5)14-3-2-6(12)13-10(14)17/h2-3,5,7-9,15-16,18H,4H2,1H3,(H,22,23)(H,24,25)(H2,12,13,17)(H2,19,20,21). The van der Waals surface area contributed by atoms with Crippen LogP contribution in [0.25, 0.3) is 0 Å². The molecule has 31 heavy (non-hydrogen) atoms. The summed E-state index contributed by atoms with van der Waals surface area (Å²) < 4.78 is 49.2. The van der Waals surface area contributed by atoms with Gasteiger partial charge in [0.2, 0.25) is 0 Å². The zero-order valence-electron chi connectivity index (χ0n) is 15.5. The van der Waals surface area contributed by atoms with Gasteiger partial charge in [0.15, 0.2) is 6.23 Å². The second kappa shape index (κ2) is 8.72. The van der Waals surface area contributed by atoms with Gasteiger partial charge in [-0.1, -0.05) is 0 Å².